The Kier molecular flexibility index (Phi) is 6.82. The van der Waals surface area contributed by atoms with Crippen LogP contribution in [-0.2, 0) is 11.3 Å². The number of aromatic nitrogens is 1. The molecule has 2 aliphatic heterocycles. The molecule has 0 spiro atoms. The van der Waals surface area contributed by atoms with Crippen LogP contribution in [0.25, 0.3) is 0 Å². The SMILES string of the molecule is CCOC(=O)N1CCC(N[C@@H]2CCN(Cc3ccccn3)C[C@H]2O)CC1. The quantitative estimate of drug-likeness (QED) is 0.820. The lowest BCUT2D eigenvalue weighted by Crippen LogP contribution is -2.56. The summed E-state index contributed by atoms with van der Waals surface area (Å²) in [7, 11) is 0. The van der Waals surface area contributed by atoms with Crippen molar-refractivity contribution in [1.29, 1.82) is 0 Å². The first-order valence-corrected chi connectivity index (χ1v) is 9.63. The molecule has 2 N–H and O–H groups in total. The van der Waals surface area contributed by atoms with Gasteiger partial charge in [-0.05, 0) is 38.3 Å². The lowest BCUT2D eigenvalue weighted by Gasteiger charge is -2.40. The molecular formula is C19H30N4O3. The minimum atomic E-state index is -0.379. The predicted octanol–water partition coefficient (Wildman–Crippen LogP) is 1.23. The van der Waals surface area contributed by atoms with E-state index < -0.39 is 0 Å². The van der Waals surface area contributed by atoms with Crippen molar-refractivity contribution in [3.63, 3.8) is 0 Å². The van der Waals surface area contributed by atoms with Crippen LogP contribution in [0.4, 0.5) is 4.79 Å². The first-order chi connectivity index (χ1) is 12.7. The van der Waals surface area contributed by atoms with Crippen LogP contribution in [0.15, 0.2) is 24.4 Å². The number of pyridine rings is 1. The van der Waals surface area contributed by atoms with Crippen molar-refractivity contribution in [2.45, 2.75) is 50.9 Å². The van der Waals surface area contributed by atoms with Gasteiger partial charge in [0.05, 0.1) is 18.4 Å². The summed E-state index contributed by atoms with van der Waals surface area (Å²) in [6.45, 7) is 6.07. The predicted molar refractivity (Wildman–Crippen MR) is 98.7 cm³/mol. The van der Waals surface area contributed by atoms with E-state index in [-0.39, 0.29) is 18.2 Å². The highest BCUT2D eigenvalue weighted by Crippen LogP contribution is 2.18. The zero-order chi connectivity index (χ0) is 18.4. The average molecular weight is 362 g/mol. The second-order valence-corrected chi connectivity index (χ2v) is 7.15. The zero-order valence-electron chi connectivity index (χ0n) is 15.5. The molecule has 3 rings (SSSR count). The molecule has 144 valence electrons. The lowest BCUT2D eigenvalue weighted by molar-refractivity contribution is 0.0279. The highest BCUT2D eigenvalue weighted by atomic mass is 16.6. The molecule has 7 nitrogen and oxygen atoms in total. The second kappa shape index (κ2) is 9.30. The van der Waals surface area contributed by atoms with Gasteiger partial charge in [0.15, 0.2) is 0 Å². The smallest absolute Gasteiger partial charge is 0.409 e. The molecule has 0 aliphatic carbocycles. The third-order valence-electron chi connectivity index (χ3n) is 5.25. The van der Waals surface area contributed by atoms with Gasteiger partial charge in [0, 0.05) is 51.0 Å². The molecule has 7 heteroatoms. The first-order valence-electron chi connectivity index (χ1n) is 9.63. The number of carbonyl (C=O) groups is 1. The Labute approximate surface area is 155 Å². The maximum atomic E-state index is 11.8. The summed E-state index contributed by atoms with van der Waals surface area (Å²) in [4.78, 5) is 20.2. The number of nitrogens with one attached hydrogen (secondary N) is 1. The minimum Gasteiger partial charge on any atom is -0.450 e. The van der Waals surface area contributed by atoms with E-state index in [1.165, 1.54) is 0 Å². The van der Waals surface area contributed by atoms with Gasteiger partial charge in [-0.25, -0.2) is 4.79 Å². The van der Waals surface area contributed by atoms with Gasteiger partial charge in [-0.1, -0.05) is 6.07 Å². The molecule has 0 radical (unpaired) electrons. The molecule has 2 saturated heterocycles. The van der Waals surface area contributed by atoms with Crippen molar-refractivity contribution in [2.75, 3.05) is 32.8 Å². The van der Waals surface area contributed by atoms with E-state index in [2.05, 4.69) is 15.2 Å². The van der Waals surface area contributed by atoms with Gasteiger partial charge in [0.25, 0.3) is 0 Å². The third-order valence-corrected chi connectivity index (χ3v) is 5.25. The van der Waals surface area contributed by atoms with Gasteiger partial charge >= 0.3 is 6.09 Å². The summed E-state index contributed by atoms with van der Waals surface area (Å²) in [6.07, 6.45) is 3.94. The number of carbonyl (C=O) groups excluding carboxylic acids is 1. The van der Waals surface area contributed by atoms with E-state index in [0.29, 0.717) is 32.3 Å². The highest BCUT2D eigenvalue weighted by molar-refractivity contribution is 5.67. The van der Waals surface area contributed by atoms with Crippen LogP contribution in [0.3, 0.4) is 0 Å². The molecule has 0 saturated carbocycles. The monoisotopic (exact) mass is 362 g/mol. The third kappa shape index (κ3) is 5.16. The average Bonchev–Trinajstić information content (AvgIpc) is 2.65. The molecule has 1 amide bonds. The Morgan fingerprint density at radius 3 is 2.77 bits per heavy atom. The largest absolute Gasteiger partial charge is 0.450 e. The maximum absolute atomic E-state index is 11.8. The van der Waals surface area contributed by atoms with Crippen LogP contribution in [-0.4, -0.2) is 77.0 Å². The van der Waals surface area contributed by atoms with Crippen LogP contribution < -0.4 is 5.32 Å². The molecule has 2 aliphatic rings. The summed E-state index contributed by atoms with van der Waals surface area (Å²) in [5.74, 6) is 0. The summed E-state index contributed by atoms with van der Waals surface area (Å²) in [5.41, 5.74) is 1.04. The van der Waals surface area contributed by atoms with Crippen molar-refractivity contribution < 1.29 is 14.6 Å². The van der Waals surface area contributed by atoms with Crippen molar-refractivity contribution in [3.05, 3.63) is 30.1 Å². The summed E-state index contributed by atoms with van der Waals surface area (Å²) < 4.78 is 5.06. The zero-order valence-corrected chi connectivity index (χ0v) is 15.5. The number of piperidine rings is 2. The Balaban J connectivity index is 1.41. The van der Waals surface area contributed by atoms with Gasteiger partial charge in [0.2, 0.25) is 0 Å². The number of hydrogen-bond donors (Lipinski definition) is 2. The summed E-state index contributed by atoms with van der Waals surface area (Å²) >= 11 is 0. The Hall–Kier alpha value is -1.70. The molecule has 26 heavy (non-hydrogen) atoms. The van der Waals surface area contributed by atoms with Crippen molar-refractivity contribution in [1.82, 2.24) is 20.1 Å². The van der Waals surface area contributed by atoms with E-state index in [0.717, 1.165) is 38.0 Å². The molecular weight excluding hydrogens is 332 g/mol. The molecule has 3 heterocycles. The van der Waals surface area contributed by atoms with Gasteiger partial charge in [-0.3, -0.25) is 9.88 Å². The topological polar surface area (TPSA) is 77.9 Å². The van der Waals surface area contributed by atoms with Gasteiger partial charge in [-0.15, -0.1) is 0 Å². The maximum Gasteiger partial charge on any atom is 0.409 e. The number of likely N-dealkylation sites (tertiary alicyclic amines) is 2. The van der Waals surface area contributed by atoms with Crippen LogP contribution in [0.5, 0.6) is 0 Å². The molecule has 0 aromatic carbocycles. The number of rotatable bonds is 5. The van der Waals surface area contributed by atoms with Gasteiger partial charge < -0.3 is 20.1 Å². The molecule has 0 bridgehead atoms. The van der Waals surface area contributed by atoms with Crippen LogP contribution >= 0.6 is 0 Å². The van der Waals surface area contributed by atoms with E-state index in [1.807, 2.05) is 31.3 Å². The fourth-order valence-electron chi connectivity index (χ4n) is 3.80. The fraction of sp³-hybridized carbons (Fsp3) is 0.684. The number of hydrogen-bond acceptors (Lipinski definition) is 6. The van der Waals surface area contributed by atoms with Crippen LogP contribution in [0, 0.1) is 0 Å². The number of aliphatic hydroxyl groups excluding tert-OH is 1. The molecule has 1 aromatic heterocycles. The number of aliphatic hydroxyl groups is 1. The van der Waals surface area contributed by atoms with Crippen molar-refractivity contribution in [3.8, 4) is 0 Å². The molecule has 0 unspecified atom stereocenters. The van der Waals surface area contributed by atoms with Crippen molar-refractivity contribution in [2.24, 2.45) is 0 Å². The first kappa shape index (κ1) is 19.1. The van der Waals surface area contributed by atoms with Gasteiger partial charge in [-0.2, -0.15) is 0 Å². The Morgan fingerprint density at radius 1 is 1.31 bits per heavy atom. The summed E-state index contributed by atoms with van der Waals surface area (Å²) in [6, 6.07) is 6.41. The Morgan fingerprint density at radius 2 is 2.12 bits per heavy atom. The van der Waals surface area contributed by atoms with Crippen molar-refractivity contribution >= 4 is 6.09 Å². The van der Waals surface area contributed by atoms with E-state index in [4.69, 9.17) is 4.74 Å². The fourth-order valence-corrected chi connectivity index (χ4v) is 3.80. The minimum absolute atomic E-state index is 0.120. The Bertz CT molecular complexity index is 563. The number of β-amino-alcohol motifs (C(OH)–C–C–N with tert-alkyl or cyclic N) is 1. The normalized spacial score (nSPS) is 25.2. The number of ether oxygens (including phenoxy) is 1. The lowest BCUT2D eigenvalue weighted by atomic mass is 9.97. The number of nitrogens with zero attached hydrogens (tertiary/aromatic N) is 3. The molecule has 2 fully saturated rings. The van der Waals surface area contributed by atoms with E-state index in [9.17, 15) is 9.90 Å². The highest BCUT2D eigenvalue weighted by Gasteiger charge is 2.31. The van der Waals surface area contributed by atoms with E-state index >= 15 is 0 Å². The standard InChI is InChI=1S/C19H30N4O3/c1-2-26-19(25)23-11-6-15(7-12-23)21-17-8-10-22(14-18(17)24)13-16-5-3-4-9-20-16/h3-5,9,15,17-18,21,24H,2,6-8,10-14H2,1H3/t17-,18-/m1/s1. The molecule has 2 atom stereocenters. The molecule has 1 aromatic rings. The van der Waals surface area contributed by atoms with Gasteiger partial charge in [0.1, 0.15) is 0 Å². The van der Waals surface area contributed by atoms with E-state index in [1.54, 1.807) is 4.90 Å². The second-order valence-electron chi connectivity index (χ2n) is 7.15. The summed E-state index contributed by atoms with van der Waals surface area (Å²) in [5, 5.41) is 14.2. The van der Waals surface area contributed by atoms with Crippen LogP contribution in [0.1, 0.15) is 31.9 Å². The number of amides is 1. The van der Waals surface area contributed by atoms with Crippen LogP contribution in [0.2, 0.25) is 0 Å².